The summed E-state index contributed by atoms with van der Waals surface area (Å²) in [5.41, 5.74) is 5.88. The summed E-state index contributed by atoms with van der Waals surface area (Å²) in [5.74, 6) is -0.463. The minimum absolute atomic E-state index is 0.0421. The van der Waals surface area contributed by atoms with Gasteiger partial charge in [0.25, 0.3) is 0 Å². The van der Waals surface area contributed by atoms with Gasteiger partial charge in [-0.1, -0.05) is 22.9 Å². The van der Waals surface area contributed by atoms with Crippen LogP contribution in [-0.4, -0.2) is 4.98 Å². The van der Waals surface area contributed by atoms with E-state index in [0.717, 1.165) is 4.70 Å². The number of hydrogen-bond donors (Lipinski definition) is 1. The molecule has 2 aromatic rings. The van der Waals surface area contributed by atoms with Crippen LogP contribution in [0.2, 0.25) is 5.02 Å². The van der Waals surface area contributed by atoms with Crippen molar-refractivity contribution in [3.8, 4) is 0 Å². The summed E-state index contributed by atoms with van der Waals surface area (Å²) in [4.78, 5) is 3.90. The first-order chi connectivity index (χ1) is 5.68. The van der Waals surface area contributed by atoms with Crippen molar-refractivity contribution in [2.45, 2.75) is 0 Å². The van der Waals surface area contributed by atoms with Gasteiger partial charge in [0.2, 0.25) is 0 Å². The second-order valence-corrected chi connectivity index (χ2v) is 3.70. The number of halogens is 2. The number of anilines is 1. The molecule has 62 valence electrons. The Morgan fingerprint density at radius 1 is 1.50 bits per heavy atom. The lowest BCUT2D eigenvalue weighted by Crippen LogP contribution is -1.81. The second kappa shape index (κ2) is 2.57. The van der Waals surface area contributed by atoms with Crippen LogP contribution in [0.5, 0.6) is 0 Å². The molecule has 0 saturated carbocycles. The summed E-state index contributed by atoms with van der Waals surface area (Å²) < 4.78 is 13.7. The maximum absolute atomic E-state index is 12.8. The number of benzene rings is 1. The van der Waals surface area contributed by atoms with E-state index in [1.165, 1.54) is 17.4 Å². The van der Waals surface area contributed by atoms with Crippen molar-refractivity contribution < 1.29 is 4.39 Å². The van der Waals surface area contributed by atoms with Gasteiger partial charge in [-0.15, -0.1) is 0 Å². The lowest BCUT2D eigenvalue weighted by atomic mass is 10.3. The number of hydrogen-bond acceptors (Lipinski definition) is 3. The van der Waals surface area contributed by atoms with Gasteiger partial charge in [-0.2, -0.15) is 0 Å². The van der Waals surface area contributed by atoms with Gasteiger partial charge in [-0.05, 0) is 12.1 Å². The predicted molar refractivity (Wildman–Crippen MR) is 49.0 cm³/mol. The van der Waals surface area contributed by atoms with Crippen LogP contribution in [0.1, 0.15) is 0 Å². The standard InChI is InChI=1S/C7H4ClFN2S/c8-5-3(9)1-2-4-6(5)11-7(10)12-4/h1-2H,(H2,10,11). The Bertz CT molecular complexity index is 440. The van der Waals surface area contributed by atoms with Crippen LogP contribution in [0, 0.1) is 5.82 Å². The zero-order valence-electron chi connectivity index (χ0n) is 5.84. The highest BCUT2D eigenvalue weighted by atomic mass is 35.5. The molecule has 0 aliphatic rings. The highest BCUT2D eigenvalue weighted by molar-refractivity contribution is 7.22. The Morgan fingerprint density at radius 2 is 2.25 bits per heavy atom. The quantitative estimate of drug-likeness (QED) is 0.714. The van der Waals surface area contributed by atoms with Gasteiger partial charge in [0.05, 0.1) is 4.70 Å². The summed E-state index contributed by atoms with van der Waals surface area (Å²) in [6.45, 7) is 0. The third-order valence-corrected chi connectivity index (χ3v) is 2.68. The van der Waals surface area contributed by atoms with E-state index in [0.29, 0.717) is 10.6 Å². The van der Waals surface area contributed by atoms with Gasteiger partial charge in [-0.3, -0.25) is 0 Å². The monoisotopic (exact) mass is 202 g/mol. The van der Waals surface area contributed by atoms with E-state index >= 15 is 0 Å². The molecule has 0 saturated heterocycles. The zero-order chi connectivity index (χ0) is 8.72. The molecule has 0 spiro atoms. The van der Waals surface area contributed by atoms with Crippen molar-refractivity contribution >= 4 is 38.3 Å². The molecule has 0 aliphatic carbocycles. The Morgan fingerprint density at radius 3 is 3.00 bits per heavy atom. The van der Waals surface area contributed by atoms with Crippen molar-refractivity contribution in [2.75, 3.05) is 5.73 Å². The highest BCUT2D eigenvalue weighted by Gasteiger charge is 2.08. The summed E-state index contributed by atoms with van der Waals surface area (Å²) in [7, 11) is 0. The fourth-order valence-corrected chi connectivity index (χ4v) is 1.96. The van der Waals surface area contributed by atoms with Crippen LogP contribution in [-0.2, 0) is 0 Å². The third-order valence-electron chi connectivity index (χ3n) is 1.47. The van der Waals surface area contributed by atoms with Crippen LogP contribution in [0.4, 0.5) is 9.52 Å². The van der Waals surface area contributed by atoms with Crippen molar-refractivity contribution in [1.29, 1.82) is 0 Å². The molecule has 1 aromatic heterocycles. The molecular weight excluding hydrogens is 199 g/mol. The molecule has 0 atom stereocenters. The maximum atomic E-state index is 12.8. The number of rotatable bonds is 0. The van der Waals surface area contributed by atoms with Crippen LogP contribution < -0.4 is 5.73 Å². The first-order valence-electron chi connectivity index (χ1n) is 3.18. The molecule has 5 heteroatoms. The van der Waals surface area contributed by atoms with Crippen LogP contribution in [0.15, 0.2) is 12.1 Å². The van der Waals surface area contributed by atoms with Crippen LogP contribution >= 0.6 is 22.9 Å². The largest absolute Gasteiger partial charge is 0.375 e. The average Bonchev–Trinajstić information content (AvgIpc) is 2.39. The Kier molecular flexibility index (Phi) is 1.66. The van der Waals surface area contributed by atoms with E-state index in [1.54, 1.807) is 6.07 Å². The molecule has 2 nitrogen and oxygen atoms in total. The van der Waals surface area contributed by atoms with Crippen LogP contribution in [0.3, 0.4) is 0 Å². The number of nitrogens with zero attached hydrogens (tertiary/aromatic N) is 1. The SMILES string of the molecule is Nc1nc2c(Cl)c(F)ccc2s1. The van der Waals surface area contributed by atoms with E-state index in [-0.39, 0.29) is 5.02 Å². The molecule has 0 unspecified atom stereocenters. The van der Waals surface area contributed by atoms with Gasteiger partial charge in [0, 0.05) is 0 Å². The molecule has 0 fully saturated rings. The third kappa shape index (κ3) is 1.04. The summed E-state index contributed by atoms with van der Waals surface area (Å²) >= 11 is 6.94. The molecule has 0 bridgehead atoms. The maximum Gasteiger partial charge on any atom is 0.181 e. The first kappa shape index (κ1) is 7.76. The van der Waals surface area contributed by atoms with Gasteiger partial charge < -0.3 is 5.73 Å². The van der Waals surface area contributed by atoms with E-state index in [9.17, 15) is 4.39 Å². The number of fused-ring (bicyclic) bond motifs is 1. The second-order valence-electron chi connectivity index (χ2n) is 2.26. The molecule has 1 heterocycles. The highest BCUT2D eigenvalue weighted by Crippen LogP contribution is 2.30. The topological polar surface area (TPSA) is 38.9 Å². The van der Waals surface area contributed by atoms with Crippen molar-refractivity contribution in [3.63, 3.8) is 0 Å². The molecule has 0 radical (unpaired) electrons. The van der Waals surface area contributed by atoms with Crippen molar-refractivity contribution in [1.82, 2.24) is 4.98 Å². The summed E-state index contributed by atoms with van der Waals surface area (Å²) in [6.07, 6.45) is 0. The molecular formula is C7H4ClFN2S. The molecule has 2 N–H and O–H groups in total. The molecule has 2 rings (SSSR count). The van der Waals surface area contributed by atoms with Crippen molar-refractivity contribution in [3.05, 3.63) is 23.0 Å². The number of nitrogens with two attached hydrogens (primary N) is 1. The fourth-order valence-electron chi connectivity index (χ4n) is 0.954. The normalized spacial score (nSPS) is 10.8. The predicted octanol–water partition coefficient (Wildman–Crippen LogP) is 2.67. The summed E-state index contributed by atoms with van der Waals surface area (Å²) in [6, 6.07) is 2.92. The number of aromatic nitrogens is 1. The zero-order valence-corrected chi connectivity index (χ0v) is 7.42. The van der Waals surface area contributed by atoms with Gasteiger partial charge in [-0.25, -0.2) is 9.37 Å². The first-order valence-corrected chi connectivity index (χ1v) is 4.38. The van der Waals surface area contributed by atoms with Crippen LogP contribution in [0.25, 0.3) is 10.2 Å². The molecule has 12 heavy (non-hydrogen) atoms. The van der Waals surface area contributed by atoms with Crippen molar-refractivity contribution in [2.24, 2.45) is 0 Å². The van der Waals surface area contributed by atoms with E-state index in [4.69, 9.17) is 17.3 Å². The van der Waals surface area contributed by atoms with Gasteiger partial charge in [0.15, 0.2) is 5.13 Å². The lowest BCUT2D eigenvalue weighted by Gasteiger charge is -1.92. The Labute approximate surface area is 76.8 Å². The van der Waals surface area contributed by atoms with Gasteiger partial charge in [0.1, 0.15) is 16.4 Å². The minimum Gasteiger partial charge on any atom is -0.375 e. The fraction of sp³-hybridized carbons (Fsp3) is 0. The molecule has 1 aromatic carbocycles. The Balaban J connectivity index is 2.89. The molecule has 0 amide bonds. The average molecular weight is 203 g/mol. The van der Waals surface area contributed by atoms with E-state index in [1.807, 2.05) is 0 Å². The summed E-state index contributed by atoms with van der Waals surface area (Å²) in [5, 5.41) is 0.443. The molecule has 0 aliphatic heterocycles. The van der Waals surface area contributed by atoms with E-state index < -0.39 is 5.82 Å². The Hall–Kier alpha value is -0.870. The lowest BCUT2D eigenvalue weighted by molar-refractivity contribution is 0.630. The number of thiazole rings is 1. The minimum atomic E-state index is -0.463. The smallest absolute Gasteiger partial charge is 0.181 e. The van der Waals surface area contributed by atoms with Gasteiger partial charge >= 0.3 is 0 Å². The number of nitrogen functional groups attached to an aromatic ring is 1. The van der Waals surface area contributed by atoms with E-state index in [2.05, 4.69) is 4.98 Å².